The molecule has 0 aliphatic carbocycles. The molecule has 0 saturated heterocycles. The first-order chi connectivity index (χ1) is 2.64. The van der Waals surface area contributed by atoms with Gasteiger partial charge in [-0.2, -0.15) is 0 Å². The van der Waals surface area contributed by atoms with Crippen molar-refractivity contribution in [3.05, 3.63) is 0 Å². The Labute approximate surface area is 38.5 Å². The molecule has 0 unspecified atom stereocenters. The van der Waals surface area contributed by atoms with Crippen LogP contribution in [0, 0.1) is 0 Å². The zero-order valence-corrected chi connectivity index (χ0v) is 4.31. The highest BCUT2D eigenvalue weighted by Crippen LogP contribution is 1.77. The van der Waals surface area contributed by atoms with Crippen LogP contribution in [0.25, 0.3) is 0 Å². The van der Waals surface area contributed by atoms with E-state index in [1.807, 2.05) is 13.8 Å². The van der Waals surface area contributed by atoms with Crippen molar-refractivity contribution in [3.63, 3.8) is 0 Å². The average molecular weight is 88.2 g/mol. The Bertz CT molecular complexity index is 26.5. The molecule has 0 spiro atoms. The molecule has 0 aromatic rings. The second-order valence-corrected chi connectivity index (χ2v) is 1.72. The third-order valence-corrected chi connectivity index (χ3v) is 0.829. The number of rotatable bonds is 1. The van der Waals surface area contributed by atoms with Gasteiger partial charge in [-0.3, -0.25) is 0 Å². The Morgan fingerprint density at radius 2 is 1.17 bits per heavy atom. The topological polar surface area (TPSA) is 52.0 Å². The van der Waals surface area contributed by atoms with Gasteiger partial charge in [-0.05, 0) is 13.8 Å². The number of hydrogen-bond acceptors (Lipinski definition) is 2. The van der Waals surface area contributed by atoms with Gasteiger partial charge < -0.3 is 11.5 Å². The minimum absolute atomic E-state index is 0.130. The van der Waals surface area contributed by atoms with E-state index in [9.17, 15) is 0 Å². The fourth-order valence-corrected chi connectivity index (χ4v) is 0. The lowest BCUT2D eigenvalue weighted by Crippen LogP contribution is -2.35. The summed E-state index contributed by atoms with van der Waals surface area (Å²) in [7, 11) is 0. The van der Waals surface area contributed by atoms with E-state index in [1.165, 1.54) is 0 Å². The quantitative estimate of drug-likeness (QED) is 0.461. The highest BCUT2D eigenvalue weighted by molar-refractivity contribution is 4.63. The predicted molar refractivity (Wildman–Crippen MR) is 27.3 cm³/mol. The van der Waals surface area contributed by atoms with Gasteiger partial charge in [0.1, 0.15) is 0 Å². The molecule has 0 aromatic carbocycles. The lowest BCUT2D eigenvalue weighted by molar-refractivity contribution is 0.603. The largest absolute Gasteiger partial charge is 0.327 e. The summed E-state index contributed by atoms with van der Waals surface area (Å²) >= 11 is 0. The average Bonchev–Trinajstić information content (AvgIpc) is 1.36. The van der Waals surface area contributed by atoms with Crippen LogP contribution in [-0.4, -0.2) is 12.1 Å². The minimum Gasteiger partial charge on any atom is -0.327 e. The van der Waals surface area contributed by atoms with E-state index in [0.29, 0.717) is 0 Å². The Hall–Kier alpha value is -0.0800. The second kappa shape index (κ2) is 2.16. The number of hydrogen-bond donors (Lipinski definition) is 2. The lowest BCUT2D eigenvalue weighted by Gasteiger charge is -2.06. The molecule has 0 aliphatic heterocycles. The Morgan fingerprint density at radius 3 is 1.17 bits per heavy atom. The van der Waals surface area contributed by atoms with Crippen LogP contribution in [0.15, 0.2) is 0 Å². The summed E-state index contributed by atoms with van der Waals surface area (Å²) in [6.45, 7) is 3.79. The van der Waals surface area contributed by atoms with Crippen LogP contribution < -0.4 is 11.5 Å². The fourth-order valence-electron chi connectivity index (χ4n) is 0. The summed E-state index contributed by atoms with van der Waals surface area (Å²) in [5, 5.41) is 0. The molecular weight excluding hydrogens is 76.1 g/mol. The normalized spacial score (nSPS) is 20.0. The third kappa shape index (κ3) is 2.18. The van der Waals surface area contributed by atoms with Crippen LogP contribution in [0.4, 0.5) is 0 Å². The third-order valence-electron chi connectivity index (χ3n) is 0.829. The second-order valence-electron chi connectivity index (χ2n) is 1.72. The molecule has 6 heavy (non-hydrogen) atoms. The molecular formula is C4H12N2. The maximum Gasteiger partial charge on any atom is 0.0160 e. The van der Waals surface area contributed by atoms with Crippen LogP contribution in [-0.2, 0) is 0 Å². The van der Waals surface area contributed by atoms with E-state index >= 15 is 0 Å². The van der Waals surface area contributed by atoms with Gasteiger partial charge in [0.2, 0.25) is 0 Å². The predicted octanol–water partition coefficient (Wildman–Crippen LogP) is -0.319. The SMILES string of the molecule is C[C@H](N)[C@@H](C)N. The molecule has 0 aromatic heterocycles. The summed E-state index contributed by atoms with van der Waals surface area (Å²) < 4.78 is 0. The molecule has 0 bridgehead atoms. The molecule has 0 saturated carbocycles. The molecule has 0 fully saturated rings. The van der Waals surface area contributed by atoms with E-state index in [0.717, 1.165) is 0 Å². The molecule has 0 amide bonds. The highest BCUT2D eigenvalue weighted by Gasteiger charge is 1.96. The first kappa shape index (κ1) is 5.92. The summed E-state index contributed by atoms with van der Waals surface area (Å²) in [5.41, 5.74) is 10.6. The molecule has 38 valence electrons. The molecule has 0 aliphatic rings. The van der Waals surface area contributed by atoms with Gasteiger partial charge in [0, 0.05) is 12.1 Å². The van der Waals surface area contributed by atoms with Gasteiger partial charge in [-0.1, -0.05) is 0 Å². The van der Waals surface area contributed by atoms with Crippen LogP contribution >= 0.6 is 0 Å². The van der Waals surface area contributed by atoms with Gasteiger partial charge in [-0.25, -0.2) is 0 Å². The molecule has 2 nitrogen and oxygen atoms in total. The maximum atomic E-state index is 5.31. The van der Waals surface area contributed by atoms with Crippen molar-refractivity contribution in [3.8, 4) is 0 Å². The zero-order valence-electron chi connectivity index (χ0n) is 4.31. The summed E-state index contributed by atoms with van der Waals surface area (Å²) in [6, 6.07) is 0.259. The van der Waals surface area contributed by atoms with Crippen molar-refractivity contribution in [2.45, 2.75) is 25.9 Å². The monoisotopic (exact) mass is 88.1 g/mol. The molecule has 0 radical (unpaired) electrons. The number of nitrogens with two attached hydrogens (primary N) is 2. The Kier molecular flexibility index (Phi) is 2.13. The maximum absolute atomic E-state index is 5.31. The van der Waals surface area contributed by atoms with Crippen molar-refractivity contribution in [2.75, 3.05) is 0 Å². The van der Waals surface area contributed by atoms with Crippen LogP contribution in [0.5, 0.6) is 0 Å². The van der Waals surface area contributed by atoms with Crippen LogP contribution in [0.2, 0.25) is 0 Å². The van der Waals surface area contributed by atoms with E-state index in [2.05, 4.69) is 0 Å². The summed E-state index contributed by atoms with van der Waals surface area (Å²) in [6.07, 6.45) is 0. The van der Waals surface area contributed by atoms with E-state index < -0.39 is 0 Å². The van der Waals surface area contributed by atoms with E-state index in [4.69, 9.17) is 11.5 Å². The van der Waals surface area contributed by atoms with E-state index in [1.54, 1.807) is 0 Å². The van der Waals surface area contributed by atoms with Crippen LogP contribution in [0.1, 0.15) is 13.8 Å². The van der Waals surface area contributed by atoms with Crippen molar-refractivity contribution < 1.29 is 0 Å². The van der Waals surface area contributed by atoms with Gasteiger partial charge in [0.25, 0.3) is 0 Å². The Balaban J connectivity index is 2.99. The van der Waals surface area contributed by atoms with Gasteiger partial charge in [0.05, 0.1) is 0 Å². The highest BCUT2D eigenvalue weighted by atomic mass is 14.7. The molecule has 2 heteroatoms. The van der Waals surface area contributed by atoms with Gasteiger partial charge >= 0.3 is 0 Å². The first-order valence-electron chi connectivity index (χ1n) is 2.15. The van der Waals surface area contributed by atoms with Crippen molar-refractivity contribution in [1.29, 1.82) is 0 Å². The van der Waals surface area contributed by atoms with Crippen molar-refractivity contribution >= 4 is 0 Å². The Morgan fingerprint density at radius 1 is 1.00 bits per heavy atom. The molecule has 4 N–H and O–H groups in total. The first-order valence-corrected chi connectivity index (χ1v) is 2.15. The fraction of sp³-hybridized carbons (Fsp3) is 1.00. The smallest absolute Gasteiger partial charge is 0.0160 e. The van der Waals surface area contributed by atoms with Crippen molar-refractivity contribution in [1.82, 2.24) is 0 Å². The zero-order chi connectivity index (χ0) is 5.15. The molecule has 0 rings (SSSR count). The van der Waals surface area contributed by atoms with E-state index in [-0.39, 0.29) is 12.1 Å². The van der Waals surface area contributed by atoms with Crippen molar-refractivity contribution in [2.24, 2.45) is 11.5 Å². The summed E-state index contributed by atoms with van der Waals surface area (Å²) in [5.74, 6) is 0. The van der Waals surface area contributed by atoms with Gasteiger partial charge in [0.15, 0.2) is 0 Å². The standard InChI is InChI=1S/C4H12N2/c1-3(5)4(2)6/h3-4H,5-6H2,1-2H3/t3-,4+. The van der Waals surface area contributed by atoms with Gasteiger partial charge in [-0.15, -0.1) is 0 Å². The van der Waals surface area contributed by atoms with Crippen LogP contribution in [0.3, 0.4) is 0 Å². The summed E-state index contributed by atoms with van der Waals surface area (Å²) in [4.78, 5) is 0. The molecule has 0 heterocycles. The molecule has 2 atom stereocenters. The lowest BCUT2D eigenvalue weighted by atomic mass is 10.2. The minimum atomic E-state index is 0.130.